The summed E-state index contributed by atoms with van der Waals surface area (Å²) >= 11 is 1.84. The van der Waals surface area contributed by atoms with Gasteiger partial charge >= 0.3 is 0 Å². The lowest BCUT2D eigenvalue weighted by atomic mass is 10.0. The molecule has 0 amide bonds. The molecular formula is C23H22N4S. The lowest BCUT2D eigenvalue weighted by Crippen LogP contribution is -2.37. The fourth-order valence-electron chi connectivity index (χ4n) is 3.44. The molecule has 3 aromatic rings. The lowest BCUT2D eigenvalue weighted by molar-refractivity contribution is 0.522. The predicted octanol–water partition coefficient (Wildman–Crippen LogP) is 4.41. The van der Waals surface area contributed by atoms with Crippen LogP contribution in [0.4, 0.5) is 5.69 Å². The summed E-state index contributed by atoms with van der Waals surface area (Å²) in [5.41, 5.74) is 4.35. The van der Waals surface area contributed by atoms with Crippen molar-refractivity contribution in [2.45, 2.75) is 22.7 Å². The van der Waals surface area contributed by atoms with E-state index in [2.05, 4.69) is 58.1 Å². The molecule has 2 N–H and O–H groups in total. The van der Waals surface area contributed by atoms with Gasteiger partial charge in [0.25, 0.3) is 0 Å². The van der Waals surface area contributed by atoms with Crippen LogP contribution in [0.5, 0.6) is 0 Å². The minimum Gasteiger partial charge on any atom is -0.382 e. The first-order valence-corrected chi connectivity index (χ1v) is 10.3. The first-order chi connectivity index (χ1) is 13.8. The highest BCUT2D eigenvalue weighted by molar-refractivity contribution is 8.00. The molecule has 0 aliphatic carbocycles. The quantitative estimate of drug-likeness (QED) is 0.657. The molecule has 0 radical (unpaired) electrons. The van der Waals surface area contributed by atoms with Crippen LogP contribution in [0.15, 0.2) is 78.0 Å². The van der Waals surface area contributed by atoms with Crippen molar-refractivity contribution in [1.29, 1.82) is 5.26 Å². The van der Waals surface area contributed by atoms with E-state index in [0.29, 0.717) is 10.8 Å². The first kappa shape index (κ1) is 18.5. The summed E-state index contributed by atoms with van der Waals surface area (Å²) in [6.07, 6.45) is 2.78. The largest absolute Gasteiger partial charge is 0.382 e. The Labute approximate surface area is 170 Å². The summed E-state index contributed by atoms with van der Waals surface area (Å²) in [7, 11) is 0. The molecule has 0 saturated heterocycles. The van der Waals surface area contributed by atoms with Gasteiger partial charge in [-0.25, -0.2) is 4.98 Å². The zero-order valence-electron chi connectivity index (χ0n) is 15.5. The van der Waals surface area contributed by atoms with Gasteiger partial charge in [-0.05, 0) is 48.4 Å². The molecule has 5 heteroatoms. The molecule has 2 heterocycles. The van der Waals surface area contributed by atoms with Crippen LogP contribution in [0.3, 0.4) is 0 Å². The van der Waals surface area contributed by atoms with Gasteiger partial charge in [-0.2, -0.15) is 5.26 Å². The number of nitrogens with zero attached hydrogens (tertiary/aromatic N) is 2. The van der Waals surface area contributed by atoms with Crippen LogP contribution in [0.1, 0.15) is 22.7 Å². The molecule has 1 aliphatic rings. The Balaban J connectivity index is 1.46. The highest BCUT2D eigenvalue weighted by Gasteiger charge is 2.28. The molecular weight excluding hydrogens is 364 g/mol. The van der Waals surface area contributed by atoms with Gasteiger partial charge in [0.2, 0.25) is 0 Å². The zero-order chi connectivity index (χ0) is 19.2. The number of thioether (sulfide) groups is 1. The maximum Gasteiger partial charge on any atom is 0.120 e. The van der Waals surface area contributed by atoms with Crippen molar-refractivity contribution in [2.24, 2.45) is 0 Å². The minimum atomic E-state index is 0.229. The Morgan fingerprint density at radius 2 is 1.93 bits per heavy atom. The van der Waals surface area contributed by atoms with Crippen LogP contribution in [-0.2, 0) is 6.42 Å². The van der Waals surface area contributed by atoms with E-state index in [0.717, 1.165) is 30.2 Å². The van der Waals surface area contributed by atoms with Crippen molar-refractivity contribution in [2.75, 3.05) is 18.4 Å². The van der Waals surface area contributed by atoms with Gasteiger partial charge in [0, 0.05) is 24.0 Å². The van der Waals surface area contributed by atoms with Crippen LogP contribution < -0.4 is 10.6 Å². The molecule has 2 atom stereocenters. The molecule has 140 valence electrons. The number of aromatic nitrogens is 1. The molecule has 2 aromatic carbocycles. The number of hydrogen-bond donors (Lipinski definition) is 2. The van der Waals surface area contributed by atoms with Gasteiger partial charge in [0.15, 0.2) is 0 Å². The van der Waals surface area contributed by atoms with Crippen LogP contribution in [0, 0.1) is 11.3 Å². The Morgan fingerprint density at radius 1 is 1.11 bits per heavy atom. The molecule has 0 spiro atoms. The average molecular weight is 387 g/mol. The summed E-state index contributed by atoms with van der Waals surface area (Å²) in [6.45, 7) is 1.77. The van der Waals surface area contributed by atoms with E-state index in [1.165, 1.54) is 11.1 Å². The number of hydrogen-bond acceptors (Lipinski definition) is 5. The van der Waals surface area contributed by atoms with E-state index in [1.807, 2.05) is 48.3 Å². The molecule has 0 bridgehead atoms. The fraction of sp³-hybridized carbons (Fsp3) is 0.217. The third kappa shape index (κ3) is 4.36. The predicted molar refractivity (Wildman–Crippen MR) is 114 cm³/mol. The standard InChI is InChI=1S/C23H22N4S/c24-15-18-10-8-17(9-11-18)12-14-25-22(19-5-2-1-3-6-19)21-16-27-20-7-4-13-26-23(20)28-21/h1-11,13,21-22,25,27H,12,14,16H2/t21?,22-/m1/s1. The zero-order valence-corrected chi connectivity index (χ0v) is 16.3. The number of rotatable bonds is 6. The normalized spacial score (nSPS) is 16.5. The van der Waals surface area contributed by atoms with E-state index in [4.69, 9.17) is 5.26 Å². The summed E-state index contributed by atoms with van der Waals surface area (Å²) in [4.78, 5) is 4.54. The summed E-state index contributed by atoms with van der Waals surface area (Å²) in [5, 5.41) is 17.6. The molecule has 28 heavy (non-hydrogen) atoms. The van der Waals surface area contributed by atoms with E-state index in [1.54, 1.807) is 0 Å². The topological polar surface area (TPSA) is 60.7 Å². The van der Waals surface area contributed by atoms with Crippen molar-refractivity contribution in [3.63, 3.8) is 0 Å². The summed E-state index contributed by atoms with van der Waals surface area (Å²) in [5.74, 6) is 0. The first-order valence-electron chi connectivity index (χ1n) is 9.46. The second-order valence-corrected chi connectivity index (χ2v) is 8.02. The third-order valence-corrected chi connectivity index (χ3v) is 6.21. The van der Waals surface area contributed by atoms with E-state index in [9.17, 15) is 0 Å². The van der Waals surface area contributed by atoms with Crippen LogP contribution in [0.2, 0.25) is 0 Å². The third-order valence-electron chi connectivity index (χ3n) is 4.92. The molecule has 1 unspecified atom stereocenters. The average Bonchev–Trinajstić information content (AvgIpc) is 2.77. The van der Waals surface area contributed by atoms with E-state index >= 15 is 0 Å². The van der Waals surface area contributed by atoms with Gasteiger partial charge in [-0.3, -0.25) is 0 Å². The fourth-order valence-corrected chi connectivity index (χ4v) is 4.67. The maximum atomic E-state index is 8.94. The smallest absolute Gasteiger partial charge is 0.120 e. The molecule has 0 saturated carbocycles. The Hall–Kier alpha value is -2.81. The molecule has 4 rings (SSSR count). The van der Waals surface area contributed by atoms with Crippen LogP contribution in [-0.4, -0.2) is 23.3 Å². The molecule has 1 aliphatic heterocycles. The molecule has 0 fully saturated rings. The maximum absolute atomic E-state index is 8.94. The second kappa shape index (κ2) is 8.92. The number of benzene rings is 2. The molecule has 1 aromatic heterocycles. The highest BCUT2D eigenvalue weighted by Crippen LogP contribution is 2.38. The van der Waals surface area contributed by atoms with Crippen LogP contribution in [0.25, 0.3) is 0 Å². The molecule has 4 nitrogen and oxygen atoms in total. The second-order valence-electron chi connectivity index (χ2n) is 6.79. The van der Waals surface area contributed by atoms with Crippen LogP contribution >= 0.6 is 11.8 Å². The monoisotopic (exact) mass is 386 g/mol. The Morgan fingerprint density at radius 3 is 2.71 bits per heavy atom. The summed E-state index contributed by atoms with van der Waals surface area (Å²) in [6, 6.07) is 24.9. The van der Waals surface area contributed by atoms with E-state index < -0.39 is 0 Å². The number of fused-ring (bicyclic) bond motifs is 1. The summed E-state index contributed by atoms with van der Waals surface area (Å²) < 4.78 is 0. The SMILES string of the molecule is N#Cc1ccc(CCN[C@H](c2ccccc2)C2CNc3cccnc3S2)cc1. The van der Waals surface area contributed by atoms with Gasteiger partial charge in [-0.15, -0.1) is 0 Å². The van der Waals surface area contributed by atoms with E-state index in [-0.39, 0.29) is 6.04 Å². The van der Waals surface area contributed by atoms with Crippen molar-refractivity contribution >= 4 is 17.4 Å². The number of nitrogens with one attached hydrogen (secondary N) is 2. The number of anilines is 1. The lowest BCUT2D eigenvalue weighted by Gasteiger charge is -2.32. The Bertz CT molecular complexity index is 950. The van der Waals surface area contributed by atoms with Crippen molar-refractivity contribution in [3.05, 3.63) is 89.6 Å². The van der Waals surface area contributed by atoms with Crippen molar-refractivity contribution < 1.29 is 0 Å². The van der Waals surface area contributed by atoms with Crippen molar-refractivity contribution in [1.82, 2.24) is 10.3 Å². The minimum absolute atomic E-state index is 0.229. The Kier molecular flexibility index (Phi) is 5.91. The van der Waals surface area contributed by atoms with Gasteiger partial charge in [0.1, 0.15) is 5.03 Å². The highest BCUT2D eigenvalue weighted by atomic mass is 32.2. The number of pyridine rings is 1. The van der Waals surface area contributed by atoms with Crippen molar-refractivity contribution in [3.8, 4) is 6.07 Å². The van der Waals surface area contributed by atoms with Gasteiger partial charge in [0.05, 0.1) is 17.3 Å². The van der Waals surface area contributed by atoms with Gasteiger partial charge in [-0.1, -0.05) is 54.2 Å². The van der Waals surface area contributed by atoms with Gasteiger partial charge < -0.3 is 10.6 Å². The number of nitriles is 1.